The molecule has 0 saturated carbocycles. The van der Waals surface area contributed by atoms with Gasteiger partial charge in [0.25, 0.3) is 0 Å². The second-order valence-corrected chi connectivity index (χ2v) is 22.7. The van der Waals surface area contributed by atoms with E-state index < -0.39 is 32.4 Å². The summed E-state index contributed by atoms with van der Waals surface area (Å²) in [5.41, 5.74) is -0.133. The smallest absolute Gasteiger partial charge is 0.184 e. The van der Waals surface area contributed by atoms with E-state index >= 15 is 0 Å². The van der Waals surface area contributed by atoms with E-state index in [0.29, 0.717) is 6.61 Å². The minimum absolute atomic E-state index is 0. The molecule has 0 aliphatic carbocycles. The molecule has 7 heteroatoms. The van der Waals surface area contributed by atoms with E-state index in [1.54, 1.807) is 0 Å². The minimum atomic E-state index is -2.02. The number of hydrogen-bond acceptors (Lipinski definition) is 4. The van der Waals surface area contributed by atoms with Crippen LogP contribution in [-0.2, 0) is 18.6 Å². The zero-order valence-electron chi connectivity index (χ0n) is 28.0. The molecule has 0 spiro atoms. The Morgan fingerprint density at radius 3 is 1.80 bits per heavy atom. The van der Waals surface area contributed by atoms with Gasteiger partial charge in [-0.15, -0.1) is 0 Å². The summed E-state index contributed by atoms with van der Waals surface area (Å²) in [6.07, 6.45) is 5.49. The lowest BCUT2D eigenvalue weighted by Gasteiger charge is -2.61. The fraction of sp³-hybridized carbons (Fsp3) is 0.474. The quantitative estimate of drug-likeness (QED) is 0.148. The van der Waals surface area contributed by atoms with Gasteiger partial charge in [-0.2, -0.15) is 0 Å². The summed E-state index contributed by atoms with van der Waals surface area (Å²) in [5, 5.41) is 4.21. The third kappa shape index (κ3) is 6.68. The molecular formula is C38H50IO4PSi. The SMILES string of the molecule is CC1=CCO[C@H]2C[C@H]3O[C@@](C)(CC[P+](c4ccccc4)(c4ccccc4)c4ccccc4)[C@H](O[Si](C)(C)C)C[C@]3(C)O[C@]12C.[I-]. The molecule has 3 aromatic carbocycles. The Kier molecular flexibility index (Phi) is 10.3. The van der Waals surface area contributed by atoms with E-state index in [1.165, 1.54) is 21.5 Å². The third-order valence-electron chi connectivity index (χ3n) is 10.4. The van der Waals surface area contributed by atoms with Crippen LogP contribution in [0.4, 0.5) is 0 Å². The highest BCUT2D eigenvalue weighted by molar-refractivity contribution is 7.95. The van der Waals surface area contributed by atoms with Crippen molar-refractivity contribution in [2.24, 2.45) is 0 Å². The van der Waals surface area contributed by atoms with Crippen LogP contribution in [0.3, 0.4) is 0 Å². The van der Waals surface area contributed by atoms with Gasteiger partial charge in [0.1, 0.15) is 28.8 Å². The average Bonchev–Trinajstić information content (AvgIpc) is 2.99. The molecule has 0 unspecified atom stereocenters. The van der Waals surface area contributed by atoms with Crippen LogP contribution in [0.25, 0.3) is 0 Å². The molecule has 0 aromatic heterocycles. The van der Waals surface area contributed by atoms with E-state index in [4.69, 9.17) is 18.6 Å². The zero-order valence-corrected chi connectivity index (χ0v) is 32.0. The standard InChI is InChI=1S/C38H50O4PSi.HI/c1-29-23-25-39-34-27-33-37(3,42-38(29,34)4)28-35(41-44(5,6)7)36(2,40-33)24-26-43(30-17-11-8-12-18-30,31-19-13-9-14-20-31)32-21-15-10-16-22-32;/h8-23,33-35H,24-28H2,1-7H3;1H/q+1;/p-1/t33-,34+,35-,36+,37+,38-;/m1./s1. The summed E-state index contributed by atoms with van der Waals surface area (Å²) in [6, 6.07) is 33.5. The molecule has 242 valence electrons. The number of benzene rings is 3. The molecular weight excluding hydrogens is 706 g/mol. The number of hydrogen-bond donors (Lipinski definition) is 0. The van der Waals surface area contributed by atoms with Gasteiger partial charge in [-0.1, -0.05) is 60.7 Å². The van der Waals surface area contributed by atoms with Crippen molar-refractivity contribution in [1.29, 1.82) is 0 Å². The molecule has 0 N–H and O–H groups in total. The van der Waals surface area contributed by atoms with Gasteiger partial charge in [0.2, 0.25) is 0 Å². The van der Waals surface area contributed by atoms with E-state index in [0.717, 1.165) is 25.4 Å². The average molecular weight is 757 g/mol. The number of fused-ring (bicyclic) bond motifs is 2. The van der Waals surface area contributed by atoms with Gasteiger partial charge in [0, 0.05) is 19.3 Å². The summed E-state index contributed by atoms with van der Waals surface area (Å²) in [6.45, 7) is 16.4. The predicted octanol–water partition coefficient (Wildman–Crippen LogP) is 4.43. The first kappa shape index (κ1) is 34.9. The van der Waals surface area contributed by atoms with Crippen molar-refractivity contribution >= 4 is 31.5 Å². The summed E-state index contributed by atoms with van der Waals surface area (Å²) in [7, 11) is -3.94. The van der Waals surface area contributed by atoms with Gasteiger partial charge < -0.3 is 42.6 Å². The van der Waals surface area contributed by atoms with Gasteiger partial charge in [-0.25, -0.2) is 0 Å². The summed E-state index contributed by atoms with van der Waals surface area (Å²) in [5.74, 6) is 0. The van der Waals surface area contributed by atoms with Crippen LogP contribution in [0.15, 0.2) is 103 Å². The van der Waals surface area contributed by atoms with Crippen molar-refractivity contribution in [1.82, 2.24) is 0 Å². The van der Waals surface area contributed by atoms with E-state index in [1.807, 2.05) is 0 Å². The Hall–Kier alpha value is -1.38. The van der Waals surface area contributed by atoms with Gasteiger partial charge >= 0.3 is 0 Å². The van der Waals surface area contributed by atoms with Gasteiger partial charge in [0.15, 0.2) is 8.32 Å². The van der Waals surface area contributed by atoms with Crippen LogP contribution in [0.5, 0.6) is 0 Å². The normalized spacial score (nSPS) is 31.6. The molecule has 0 amide bonds. The van der Waals surface area contributed by atoms with Gasteiger partial charge in [0.05, 0.1) is 42.3 Å². The fourth-order valence-electron chi connectivity index (χ4n) is 7.75. The first-order chi connectivity index (χ1) is 20.9. The molecule has 2 saturated heterocycles. The molecule has 3 heterocycles. The largest absolute Gasteiger partial charge is 1.00 e. The molecule has 2 fully saturated rings. The van der Waals surface area contributed by atoms with Crippen LogP contribution in [0, 0.1) is 0 Å². The lowest BCUT2D eigenvalue weighted by atomic mass is 9.72. The van der Waals surface area contributed by atoms with Gasteiger partial charge in [-0.05, 0) is 89.3 Å². The van der Waals surface area contributed by atoms with Crippen molar-refractivity contribution in [3.63, 3.8) is 0 Å². The summed E-state index contributed by atoms with van der Waals surface area (Å²) < 4.78 is 27.9. The van der Waals surface area contributed by atoms with Crippen molar-refractivity contribution in [3.8, 4) is 0 Å². The molecule has 45 heavy (non-hydrogen) atoms. The highest BCUT2D eigenvalue weighted by Gasteiger charge is 2.62. The topological polar surface area (TPSA) is 36.9 Å². The first-order valence-electron chi connectivity index (χ1n) is 16.3. The molecule has 3 aliphatic rings. The third-order valence-corrected chi connectivity index (χ3v) is 15.8. The number of ether oxygens (including phenoxy) is 3. The molecule has 0 bridgehead atoms. The Morgan fingerprint density at radius 2 is 1.31 bits per heavy atom. The van der Waals surface area contributed by atoms with Crippen LogP contribution < -0.4 is 39.9 Å². The maximum Gasteiger partial charge on any atom is 0.184 e. The lowest BCUT2D eigenvalue weighted by molar-refractivity contribution is -0.328. The maximum atomic E-state index is 7.36. The van der Waals surface area contributed by atoms with Crippen molar-refractivity contribution in [2.75, 3.05) is 12.8 Å². The zero-order chi connectivity index (χ0) is 31.2. The Bertz CT molecular complexity index is 1370. The Morgan fingerprint density at radius 1 is 0.800 bits per heavy atom. The molecule has 6 atom stereocenters. The minimum Gasteiger partial charge on any atom is -1.00 e. The highest BCUT2D eigenvalue weighted by Crippen LogP contribution is 2.58. The molecule has 0 radical (unpaired) electrons. The molecule has 4 nitrogen and oxygen atoms in total. The fourth-order valence-corrected chi connectivity index (χ4v) is 13.4. The van der Waals surface area contributed by atoms with Crippen LogP contribution in [0.1, 0.15) is 47.0 Å². The molecule has 6 rings (SSSR count). The first-order valence-corrected chi connectivity index (χ1v) is 21.7. The molecule has 3 aliphatic heterocycles. The Labute approximate surface area is 289 Å². The highest BCUT2D eigenvalue weighted by atomic mass is 127. The lowest BCUT2D eigenvalue weighted by Crippen LogP contribution is -3.00. The second kappa shape index (κ2) is 13.3. The van der Waals surface area contributed by atoms with E-state index in [9.17, 15) is 0 Å². The Balaban J connectivity index is 0.00000400. The van der Waals surface area contributed by atoms with Gasteiger partial charge in [-0.3, -0.25) is 0 Å². The molecule has 3 aromatic rings. The van der Waals surface area contributed by atoms with Crippen LogP contribution >= 0.6 is 7.26 Å². The van der Waals surface area contributed by atoms with E-state index in [-0.39, 0.29) is 42.3 Å². The van der Waals surface area contributed by atoms with Crippen molar-refractivity contribution in [3.05, 3.63) is 103 Å². The van der Waals surface area contributed by atoms with Crippen LogP contribution in [-0.4, -0.2) is 56.2 Å². The number of halogens is 1. The predicted molar refractivity (Wildman–Crippen MR) is 187 cm³/mol. The maximum absolute atomic E-state index is 7.36. The summed E-state index contributed by atoms with van der Waals surface area (Å²) in [4.78, 5) is 0. The summed E-state index contributed by atoms with van der Waals surface area (Å²) >= 11 is 0. The van der Waals surface area contributed by atoms with Crippen molar-refractivity contribution in [2.45, 2.75) is 102 Å². The van der Waals surface area contributed by atoms with Crippen LogP contribution in [0.2, 0.25) is 19.6 Å². The van der Waals surface area contributed by atoms with E-state index in [2.05, 4.69) is 144 Å². The monoisotopic (exact) mass is 756 g/mol. The van der Waals surface area contributed by atoms with Crippen molar-refractivity contribution < 1.29 is 42.6 Å². The second-order valence-electron chi connectivity index (χ2n) is 14.6. The number of rotatable bonds is 8.